The first-order chi connectivity index (χ1) is 11.7. The number of aryl methyl sites for hydroxylation is 2. The summed E-state index contributed by atoms with van der Waals surface area (Å²) in [6.07, 6.45) is 7.10. The van der Waals surface area contributed by atoms with Gasteiger partial charge in [-0.15, -0.1) is 0 Å². The lowest BCUT2D eigenvalue weighted by molar-refractivity contribution is 0.410. The molecule has 0 radical (unpaired) electrons. The highest BCUT2D eigenvalue weighted by molar-refractivity contribution is 5.57. The molecule has 0 fully saturated rings. The number of hydrogen-bond acceptors (Lipinski definition) is 3. The van der Waals surface area contributed by atoms with E-state index in [0.29, 0.717) is 0 Å². The molecule has 0 amide bonds. The van der Waals surface area contributed by atoms with E-state index < -0.39 is 0 Å². The zero-order chi connectivity index (χ0) is 16.7. The quantitative estimate of drug-likeness (QED) is 0.848. The number of aromatic nitrogens is 2. The Balaban J connectivity index is 1.91. The molecule has 0 bridgehead atoms. The number of benzene rings is 1. The molecule has 0 aliphatic heterocycles. The van der Waals surface area contributed by atoms with E-state index >= 15 is 0 Å². The third-order valence-corrected chi connectivity index (χ3v) is 5.86. The summed E-state index contributed by atoms with van der Waals surface area (Å²) in [5.74, 6) is 2.08. The lowest BCUT2D eigenvalue weighted by Gasteiger charge is -2.37. The number of fused-ring (bicyclic) bond motifs is 4. The van der Waals surface area contributed by atoms with Crippen LogP contribution in [0.25, 0.3) is 0 Å². The predicted molar refractivity (Wildman–Crippen MR) is 98.8 cm³/mol. The zero-order valence-corrected chi connectivity index (χ0v) is 15.1. The molecule has 1 aromatic carbocycles. The Bertz CT molecular complexity index is 768. The summed E-state index contributed by atoms with van der Waals surface area (Å²) in [6.45, 7) is 5.32. The van der Waals surface area contributed by atoms with Crippen molar-refractivity contribution in [3.05, 3.63) is 52.5 Å². The minimum atomic E-state index is 0.125. The summed E-state index contributed by atoms with van der Waals surface area (Å²) >= 11 is 0. The smallest absolute Gasteiger partial charge is 0.135 e. The van der Waals surface area contributed by atoms with Gasteiger partial charge in [0, 0.05) is 24.6 Å². The summed E-state index contributed by atoms with van der Waals surface area (Å²) in [7, 11) is 2.18. The van der Waals surface area contributed by atoms with E-state index in [1.54, 1.807) is 0 Å². The lowest BCUT2D eigenvalue weighted by Crippen LogP contribution is -2.34. The standard InChI is InChI=1S/C21H27N3/c1-4-14-24(3)20-17-9-7-12-21(19(17)22-15(2)23-20)13-11-16-8-5-6-10-18(16)21/h5-6,8,10H,4,7,9,11-14H2,1-3H3. The average molecular weight is 321 g/mol. The first kappa shape index (κ1) is 15.6. The number of rotatable bonds is 3. The van der Waals surface area contributed by atoms with Gasteiger partial charge in [0.15, 0.2) is 0 Å². The SMILES string of the molecule is CCCN(C)c1nc(C)nc2c1CCCC21CCc2ccccc21. The fourth-order valence-electron chi connectivity index (χ4n) is 4.84. The summed E-state index contributed by atoms with van der Waals surface area (Å²) in [5.41, 5.74) is 5.89. The maximum Gasteiger partial charge on any atom is 0.135 e. The van der Waals surface area contributed by atoms with Gasteiger partial charge in [-0.1, -0.05) is 31.2 Å². The van der Waals surface area contributed by atoms with Gasteiger partial charge in [0.2, 0.25) is 0 Å². The van der Waals surface area contributed by atoms with Crippen LogP contribution in [-0.4, -0.2) is 23.6 Å². The third kappa shape index (κ3) is 2.25. The van der Waals surface area contributed by atoms with E-state index in [2.05, 4.69) is 43.1 Å². The van der Waals surface area contributed by atoms with Crippen LogP contribution in [0.4, 0.5) is 5.82 Å². The predicted octanol–water partition coefficient (Wildman–Crippen LogP) is 4.20. The summed E-state index contributed by atoms with van der Waals surface area (Å²) in [4.78, 5) is 12.2. The van der Waals surface area contributed by atoms with Crippen molar-refractivity contribution in [1.82, 2.24) is 9.97 Å². The van der Waals surface area contributed by atoms with Gasteiger partial charge in [-0.05, 0) is 56.6 Å². The molecule has 126 valence electrons. The van der Waals surface area contributed by atoms with E-state index in [1.807, 2.05) is 6.92 Å². The summed E-state index contributed by atoms with van der Waals surface area (Å²) in [6, 6.07) is 9.01. The van der Waals surface area contributed by atoms with Crippen LogP contribution in [0.15, 0.2) is 24.3 Å². The van der Waals surface area contributed by atoms with Crippen molar-refractivity contribution in [2.24, 2.45) is 0 Å². The molecular weight excluding hydrogens is 294 g/mol. The Morgan fingerprint density at radius 3 is 2.79 bits per heavy atom. The molecule has 3 nitrogen and oxygen atoms in total. The largest absolute Gasteiger partial charge is 0.359 e. The van der Waals surface area contributed by atoms with Crippen LogP contribution in [0.2, 0.25) is 0 Å². The van der Waals surface area contributed by atoms with Crippen LogP contribution in [0, 0.1) is 6.92 Å². The second kappa shape index (κ2) is 5.87. The van der Waals surface area contributed by atoms with Crippen molar-refractivity contribution in [2.45, 2.75) is 57.8 Å². The van der Waals surface area contributed by atoms with Crippen LogP contribution in [0.3, 0.4) is 0 Å². The van der Waals surface area contributed by atoms with E-state index in [0.717, 1.165) is 25.2 Å². The Hall–Kier alpha value is -1.90. The molecule has 3 heteroatoms. The van der Waals surface area contributed by atoms with Crippen molar-refractivity contribution >= 4 is 5.82 Å². The summed E-state index contributed by atoms with van der Waals surface area (Å²) < 4.78 is 0. The van der Waals surface area contributed by atoms with Gasteiger partial charge in [-0.25, -0.2) is 9.97 Å². The van der Waals surface area contributed by atoms with E-state index in [1.165, 1.54) is 53.9 Å². The Morgan fingerprint density at radius 1 is 1.12 bits per heavy atom. The fourth-order valence-corrected chi connectivity index (χ4v) is 4.84. The molecular formula is C21H27N3. The maximum absolute atomic E-state index is 5.01. The minimum absolute atomic E-state index is 0.125. The molecule has 0 N–H and O–H groups in total. The highest BCUT2D eigenvalue weighted by atomic mass is 15.2. The van der Waals surface area contributed by atoms with E-state index in [-0.39, 0.29) is 5.41 Å². The van der Waals surface area contributed by atoms with Gasteiger partial charge in [0.05, 0.1) is 5.69 Å². The van der Waals surface area contributed by atoms with Gasteiger partial charge >= 0.3 is 0 Å². The molecule has 2 aliphatic rings. The molecule has 1 spiro atoms. The van der Waals surface area contributed by atoms with Crippen molar-refractivity contribution in [2.75, 3.05) is 18.5 Å². The molecule has 4 rings (SSSR count). The molecule has 1 heterocycles. The molecule has 1 unspecified atom stereocenters. The van der Waals surface area contributed by atoms with Crippen molar-refractivity contribution in [3.63, 3.8) is 0 Å². The summed E-state index contributed by atoms with van der Waals surface area (Å²) in [5, 5.41) is 0. The average Bonchev–Trinajstić information content (AvgIpc) is 2.95. The van der Waals surface area contributed by atoms with Crippen LogP contribution in [-0.2, 0) is 18.3 Å². The normalized spacial score (nSPS) is 21.6. The minimum Gasteiger partial charge on any atom is -0.359 e. The molecule has 2 aliphatic carbocycles. The van der Waals surface area contributed by atoms with Gasteiger partial charge in [0.1, 0.15) is 11.6 Å². The Labute approximate surface area is 145 Å². The Morgan fingerprint density at radius 2 is 1.96 bits per heavy atom. The van der Waals surface area contributed by atoms with Crippen molar-refractivity contribution in [3.8, 4) is 0 Å². The second-order valence-corrected chi connectivity index (χ2v) is 7.44. The number of anilines is 1. The van der Waals surface area contributed by atoms with Crippen LogP contribution in [0.5, 0.6) is 0 Å². The first-order valence-corrected chi connectivity index (χ1v) is 9.33. The van der Waals surface area contributed by atoms with Crippen LogP contribution >= 0.6 is 0 Å². The van der Waals surface area contributed by atoms with E-state index in [9.17, 15) is 0 Å². The number of hydrogen-bond donors (Lipinski definition) is 0. The molecule has 24 heavy (non-hydrogen) atoms. The fraction of sp³-hybridized carbons (Fsp3) is 0.524. The second-order valence-electron chi connectivity index (χ2n) is 7.44. The lowest BCUT2D eigenvalue weighted by atomic mass is 9.69. The van der Waals surface area contributed by atoms with Gasteiger partial charge < -0.3 is 4.90 Å². The highest BCUT2D eigenvalue weighted by Gasteiger charge is 2.45. The monoisotopic (exact) mass is 321 g/mol. The van der Waals surface area contributed by atoms with Gasteiger partial charge in [0.25, 0.3) is 0 Å². The molecule has 1 aromatic heterocycles. The number of nitrogens with zero attached hydrogens (tertiary/aromatic N) is 3. The topological polar surface area (TPSA) is 29.0 Å². The van der Waals surface area contributed by atoms with Crippen molar-refractivity contribution in [1.29, 1.82) is 0 Å². The molecule has 1 atom stereocenters. The first-order valence-electron chi connectivity index (χ1n) is 9.33. The zero-order valence-electron chi connectivity index (χ0n) is 15.1. The van der Waals surface area contributed by atoms with Crippen LogP contribution < -0.4 is 4.90 Å². The molecule has 2 aromatic rings. The van der Waals surface area contributed by atoms with E-state index in [4.69, 9.17) is 9.97 Å². The van der Waals surface area contributed by atoms with Crippen molar-refractivity contribution < 1.29 is 0 Å². The third-order valence-electron chi connectivity index (χ3n) is 5.86. The van der Waals surface area contributed by atoms with Crippen LogP contribution in [0.1, 0.15) is 60.8 Å². The molecule has 0 saturated heterocycles. The maximum atomic E-state index is 5.01. The highest BCUT2D eigenvalue weighted by Crippen LogP contribution is 2.51. The molecule has 0 saturated carbocycles. The van der Waals surface area contributed by atoms with Gasteiger partial charge in [-0.2, -0.15) is 0 Å². The Kier molecular flexibility index (Phi) is 3.82. The van der Waals surface area contributed by atoms with Gasteiger partial charge in [-0.3, -0.25) is 0 Å².